The number of rotatable bonds is 3. The van der Waals surface area contributed by atoms with E-state index in [9.17, 15) is 0 Å². The fourth-order valence-electron chi connectivity index (χ4n) is 2.26. The van der Waals surface area contributed by atoms with Gasteiger partial charge < -0.3 is 5.32 Å². The Hall–Kier alpha value is -1.77. The number of nitrogens with zero attached hydrogens (tertiary/aromatic N) is 1. The summed E-state index contributed by atoms with van der Waals surface area (Å²) in [5, 5.41) is 10.8. The predicted octanol–water partition coefficient (Wildman–Crippen LogP) is 2.80. The van der Waals surface area contributed by atoms with Gasteiger partial charge in [0.2, 0.25) is 0 Å². The molecule has 1 aromatic heterocycles. The molecule has 2 N–H and O–H groups in total. The van der Waals surface area contributed by atoms with Crippen LogP contribution in [0, 0.1) is 0 Å². The van der Waals surface area contributed by atoms with E-state index >= 15 is 0 Å². The van der Waals surface area contributed by atoms with Crippen LogP contribution < -0.4 is 5.32 Å². The number of H-pyrrole nitrogens is 1. The van der Waals surface area contributed by atoms with Crippen LogP contribution in [-0.2, 0) is 6.42 Å². The molecule has 0 unspecified atom stereocenters. The van der Waals surface area contributed by atoms with Crippen LogP contribution in [-0.4, -0.2) is 16.7 Å². The minimum absolute atomic E-state index is 0.980. The smallest absolute Gasteiger partial charge is 0.151 e. The van der Waals surface area contributed by atoms with E-state index in [1.165, 1.54) is 22.4 Å². The second-order valence-electron chi connectivity index (χ2n) is 4.19. The molecule has 1 aromatic carbocycles. The van der Waals surface area contributed by atoms with Crippen LogP contribution >= 0.6 is 0 Å². The lowest BCUT2D eigenvalue weighted by Gasteiger charge is -2.01. The average Bonchev–Trinajstić information content (AvgIpc) is 2.85. The van der Waals surface area contributed by atoms with Crippen molar-refractivity contribution in [3.63, 3.8) is 0 Å². The Bertz CT molecular complexity index is 514. The van der Waals surface area contributed by atoms with Crippen LogP contribution in [0.1, 0.15) is 24.5 Å². The van der Waals surface area contributed by atoms with Crippen molar-refractivity contribution in [1.82, 2.24) is 10.2 Å². The number of benzene rings is 1. The first kappa shape index (κ1) is 9.46. The van der Waals surface area contributed by atoms with Crippen molar-refractivity contribution in [1.29, 1.82) is 0 Å². The summed E-state index contributed by atoms with van der Waals surface area (Å²) >= 11 is 0. The zero-order valence-corrected chi connectivity index (χ0v) is 9.38. The SMILES string of the molecule is CCCNc1n[nH]c2c1Cc1ccccc1-2. The van der Waals surface area contributed by atoms with Gasteiger partial charge in [-0.1, -0.05) is 31.2 Å². The van der Waals surface area contributed by atoms with Gasteiger partial charge in [0, 0.05) is 24.1 Å². The molecule has 3 rings (SSSR count). The molecule has 0 spiro atoms. The lowest BCUT2D eigenvalue weighted by molar-refractivity contribution is 0.956. The second-order valence-corrected chi connectivity index (χ2v) is 4.19. The number of anilines is 1. The lowest BCUT2D eigenvalue weighted by atomic mass is 10.1. The van der Waals surface area contributed by atoms with E-state index in [-0.39, 0.29) is 0 Å². The predicted molar refractivity (Wildman–Crippen MR) is 65.6 cm³/mol. The van der Waals surface area contributed by atoms with E-state index < -0.39 is 0 Å². The molecule has 16 heavy (non-hydrogen) atoms. The summed E-state index contributed by atoms with van der Waals surface area (Å²) < 4.78 is 0. The maximum Gasteiger partial charge on any atom is 0.151 e. The molecule has 0 saturated heterocycles. The number of nitrogens with one attached hydrogen (secondary N) is 2. The minimum Gasteiger partial charge on any atom is -0.368 e. The van der Waals surface area contributed by atoms with Crippen LogP contribution in [0.15, 0.2) is 24.3 Å². The second kappa shape index (κ2) is 3.67. The summed E-state index contributed by atoms with van der Waals surface area (Å²) in [5.74, 6) is 1.02. The molecule has 0 amide bonds. The maximum absolute atomic E-state index is 4.34. The first-order valence-electron chi connectivity index (χ1n) is 5.79. The van der Waals surface area contributed by atoms with Crippen molar-refractivity contribution in [2.45, 2.75) is 19.8 Å². The topological polar surface area (TPSA) is 40.7 Å². The van der Waals surface area contributed by atoms with Crippen molar-refractivity contribution >= 4 is 5.82 Å². The zero-order valence-electron chi connectivity index (χ0n) is 9.38. The average molecular weight is 213 g/mol. The summed E-state index contributed by atoms with van der Waals surface area (Å²) in [6, 6.07) is 8.51. The lowest BCUT2D eigenvalue weighted by Crippen LogP contribution is -2.02. The highest BCUT2D eigenvalue weighted by molar-refractivity contribution is 5.77. The van der Waals surface area contributed by atoms with Crippen molar-refractivity contribution in [3.8, 4) is 11.3 Å². The normalized spacial score (nSPS) is 12.3. The third kappa shape index (κ3) is 1.32. The van der Waals surface area contributed by atoms with Gasteiger partial charge in [-0.15, -0.1) is 0 Å². The van der Waals surface area contributed by atoms with Crippen LogP contribution in [0.4, 0.5) is 5.82 Å². The molecule has 0 fully saturated rings. The highest BCUT2D eigenvalue weighted by atomic mass is 15.2. The Morgan fingerprint density at radius 3 is 3.12 bits per heavy atom. The van der Waals surface area contributed by atoms with E-state index in [4.69, 9.17) is 0 Å². The van der Waals surface area contributed by atoms with E-state index in [2.05, 4.69) is 46.7 Å². The number of hydrogen-bond acceptors (Lipinski definition) is 2. The number of hydrogen-bond donors (Lipinski definition) is 2. The quantitative estimate of drug-likeness (QED) is 0.702. The third-order valence-corrected chi connectivity index (χ3v) is 3.06. The Kier molecular flexibility index (Phi) is 2.17. The molecule has 1 aliphatic rings. The molecule has 0 aliphatic heterocycles. The van der Waals surface area contributed by atoms with Gasteiger partial charge in [-0.25, -0.2) is 0 Å². The van der Waals surface area contributed by atoms with Crippen molar-refractivity contribution in [2.24, 2.45) is 0 Å². The van der Waals surface area contributed by atoms with Crippen LogP contribution in [0.5, 0.6) is 0 Å². The van der Waals surface area contributed by atoms with Gasteiger partial charge in [0.25, 0.3) is 0 Å². The van der Waals surface area contributed by atoms with Gasteiger partial charge >= 0.3 is 0 Å². The third-order valence-electron chi connectivity index (χ3n) is 3.06. The Morgan fingerprint density at radius 2 is 2.25 bits per heavy atom. The molecule has 1 heterocycles. The van der Waals surface area contributed by atoms with Gasteiger partial charge in [-0.3, -0.25) is 5.10 Å². The van der Waals surface area contributed by atoms with Gasteiger partial charge in [0.05, 0.1) is 5.69 Å². The molecular formula is C13H15N3. The van der Waals surface area contributed by atoms with Crippen molar-refractivity contribution in [2.75, 3.05) is 11.9 Å². The fraction of sp³-hybridized carbons (Fsp3) is 0.308. The van der Waals surface area contributed by atoms with E-state index in [0.717, 1.165) is 25.2 Å². The molecule has 2 aromatic rings. The summed E-state index contributed by atoms with van der Waals surface area (Å²) in [6.45, 7) is 3.14. The van der Waals surface area contributed by atoms with E-state index in [1.807, 2.05) is 0 Å². The molecule has 3 nitrogen and oxygen atoms in total. The maximum atomic E-state index is 4.34. The first-order valence-corrected chi connectivity index (χ1v) is 5.79. The monoisotopic (exact) mass is 213 g/mol. The molecular weight excluding hydrogens is 198 g/mol. The van der Waals surface area contributed by atoms with Crippen LogP contribution in [0.25, 0.3) is 11.3 Å². The van der Waals surface area contributed by atoms with E-state index in [0.29, 0.717) is 0 Å². The Labute approximate surface area is 94.9 Å². The Morgan fingerprint density at radius 1 is 1.38 bits per heavy atom. The highest BCUT2D eigenvalue weighted by Crippen LogP contribution is 2.38. The molecule has 0 saturated carbocycles. The molecule has 82 valence electrons. The van der Waals surface area contributed by atoms with Crippen molar-refractivity contribution in [3.05, 3.63) is 35.4 Å². The van der Waals surface area contributed by atoms with Gasteiger partial charge in [-0.2, -0.15) is 5.10 Å². The van der Waals surface area contributed by atoms with Gasteiger partial charge in [0.1, 0.15) is 0 Å². The van der Waals surface area contributed by atoms with Gasteiger partial charge in [-0.05, 0) is 12.0 Å². The standard InChI is InChI=1S/C13H15N3/c1-2-7-14-13-11-8-9-5-3-4-6-10(9)12(11)15-16-13/h3-6H,2,7-8H2,1H3,(H2,14,15,16). The van der Waals surface area contributed by atoms with Gasteiger partial charge in [0.15, 0.2) is 5.82 Å². The summed E-state index contributed by atoms with van der Waals surface area (Å²) in [4.78, 5) is 0. The highest BCUT2D eigenvalue weighted by Gasteiger charge is 2.23. The van der Waals surface area contributed by atoms with Crippen molar-refractivity contribution < 1.29 is 0 Å². The molecule has 0 atom stereocenters. The summed E-state index contributed by atoms with van der Waals surface area (Å²) in [5.41, 5.74) is 5.20. The van der Waals surface area contributed by atoms with Crippen LogP contribution in [0.3, 0.4) is 0 Å². The number of aromatic nitrogens is 2. The fourth-order valence-corrected chi connectivity index (χ4v) is 2.26. The minimum atomic E-state index is 0.980. The number of fused-ring (bicyclic) bond motifs is 3. The molecule has 0 radical (unpaired) electrons. The molecule has 1 aliphatic carbocycles. The molecule has 0 bridgehead atoms. The Balaban J connectivity index is 1.98. The largest absolute Gasteiger partial charge is 0.368 e. The zero-order chi connectivity index (χ0) is 11.0. The summed E-state index contributed by atoms with van der Waals surface area (Å²) in [7, 11) is 0. The molecule has 3 heteroatoms. The van der Waals surface area contributed by atoms with E-state index in [1.54, 1.807) is 0 Å². The number of aromatic amines is 1. The summed E-state index contributed by atoms with van der Waals surface area (Å²) in [6.07, 6.45) is 2.11. The van der Waals surface area contributed by atoms with Crippen LogP contribution in [0.2, 0.25) is 0 Å². The first-order chi connectivity index (χ1) is 7.90.